The largest absolute Gasteiger partial charge is 0.353 e. The van der Waals surface area contributed by atoms with Crippen LogP contribution in [0, 0.1) is 5.41 Å². The molecule has 0 radical (unpaired) electrons. The number of carbonyl (C=O) groups excluding carboxylic acids is 1. The van der Waals surface area contributed by atoms with Gasteiger partial charge in [-0.05, 0) is 26.2 Å². The van der Waals surface area contributed by atoms with E-state index < -0.39 is 0 Å². The maximum absolute atomic E-state index is 11.9. The zero-order valence-corrected chi connectivity index (χ0v) is 9.31. The summed E-state index contributed by atoms with van der Waals surface area (Å²) < 4.78 is 0. The van der Waals surface area contributed by atoms with Gasteiger partial charge in [-0.1, -0.05) is 19.8 Å². The molecule has 1 rings (SSSR count). The molecule has 0 spiro atoms. The normalized spacial score (nSPS) is 21.9. The summed E-state index contributed by atoms with van der Waals surface area (Å²) in [6, 6.07) is 0.403. The van der Waals surface area contributed by atoms with E-state index in [1.165, 1.54) is 12.8 Å². The van der Waals surface area contributed by atoms with Crippen LogP contribution in [0.15, 0.2) is 0 Å². The highest BCUT2D eigenvalue weighted by Gasteiger charge is 2.31. The molecule has 14 heavy (non-hydrogen) atoms. The third-order valence-electron chi connectivity index (χ3n) is 3.47. The Balaban J connectivity index is 2.46. The lowest BCUT2D eigenvalue weighted by Gasteiger charge is -2.27. The third kappa shape index (κ3) is 2.47. The van der Waals surface area contributed by atoms with Gasteiger partial charge in [0.25, 0.3) is 0 Å². The Bertz CT molecular complexity index is 193. The average molecular weight is 198 g/mol. The Morgan fingerprint density at radius 1 is 1.50 bits per heavy atom. The first-order chi connectivity index (χ1) is 6.62. The van der Waals surface area contributed by atoms with Crippen molar-refractivity contribution in [2.45, 2.75) is 52.0 Å². The molecule has 0 aromatic heterocycles. The van der Waals surface area contributed by atoms with Crippen LogP contribution < -0.4 is 11.1 Å². The van der Waals surface area contributed by atoms with Crippen LogP contribution in [0.5, 0.6) is 0 Å². The molecule has 0 aliphatic heterocycles. The van der Waals surface area contributed by atoms with E-state index in [4.69, 9.17) is 5.73 Å². The van der Waals surface area contributed by atoms with Gasteiger partial charge in [-0.25, -0.2) is 0 Å². The number of nitrogens with two attached hydrogens (primary N) is 1. The third-order valence-corrected chi connectivity index (χ3v) is 3.47. The Morgan fingerprint density at radius 3 is 2.50 bits per heavy atom. The van der Waals surface area contributed by atoms with E-state index >= 15 is 0 Å². The Morgan fingerprint density at radius 2 is 2.07 bits per heavy atom. The van der Waals surface area contributed by atoms with Crippen LogP contribution in [0.3, 0.4) is 0 Å². The summed E-state index contributed by atoms with van der Waals surface area (Å²) in [6.45, 7) is 4.39. The summed E-state index contributed by atoms with van der Waals surface area (Å²) in [5, 5.41) is 3.10. The molecule has 3 N–H and O–H groups in total. The summed E-state index contributed by atoms with van der Waals surface area (Å²) >= 11 is 0. The molecule has 1 atom stereocenters. The molecular formula is C11H22N2O. The SMILES string of the molecule is CCC(C)(CN)C(=O)NC1CCCC1. The van der Waals surface area contributed by atoms with Crippen LogP contribution in [0.2, 0.25) is 0 Å². The van der Waals surface area contributed by atoms with Gasteiger partial charge in [0.1, 0.15) is 0 Å². The molecule has 3 nitrogen and oxygen atoms in total. The minimum atomic E-state index is -0.372. The number of carbonyl (C=O) groups is 1. The molecule has 3 heteroatoms. The number of hydrogen-bond donors (Lipinski definition) is 2. The van der Waals surface area contributed by atoms with Gasteiger partial charge in [-0.15, -0.1) is 0 Å². The maximum atomic E-state index is 11.9. The molecule has 1 saturated carbocycles. The fourth-order valence-electron chi connectivity index (χ4n) is 1.83. The number of rotatable bonds is 4. The zero-order valence-electron chi connectivity index (χ0n) is 9.31. The monoisotopic (exact) mass is 198 g/mol. The van der Waals surface area contributed by atoms with Crippen LogP contribution in [0.25, 0.3) is 0 Å². The first-order valence-corrected chi connectivity index (χ1v) is 5.63. The number of hydrogen-bond acceptors (Lipinski definition) is 2. The van der Waals surface area contributed by atoms with Crippen molar-refractivity contribution in [3.63, 3.8) is 0 Å². The Kier molecular flexibility index (Phi) is 3.93. The van der Waals surface area contributed by atoms with Crippen molar-refractivity contribution in [3.8, 4) is 0 Å². The molecule has 82 valence electrons. The highest BCUT2D eigenvalue weighted by atomic mass is 16.2. The van der Waals surface area contributed by atoms with Crippen LogP contribution >= 0.6 is 0 Å². The molecule has 1 aliphatic carbocycles. The predicted octanol–water partition coefficient (Wildman–Crippen LogP) is 1.42. The van der Waals surface area contributed by atoms with Gasteiger partial charge in [-0.2, -0.15) is 0 Å². The number of nitrogens with one attached hydrogen (secondary N) is 1. The van der Waals surface area contributed by atoms with E-state index in [0.717, 1.165) is 19.3 Å². The smallest absolute Gasteiger partial charge is 0.227 e. The quantitative estimate of drug-likeness (QED) is 0.718. The molecule has 1 aliphatic rings. The van der Waals surface area contributed by atoms with Crippen molar-refractivity contribution < 1.29 is 4.79 Å². The van der Waals surface area contributed by atoms with Crippen molar-refractivity contribution in [1.29, 1.82) is 0 Å². The van der Waals surface area contributed by atoms with Crippen molar-refractivity contribution in [2.24, 2.45) is 11.1 Å². The van der Waals surface area contributed by atoms with Crippen molar-refractivity contribution in [2.75, 3.05) is 6.54 Å². The van der Waals surface area contributed by atoms with Crippen molar-refractivity contribution >= 4 is 5.91 Å². The molecule has 1 fully saturated rings. The van der Waals surface area contributed by atoms with E-state index in [2.05, 4.69) is 5.32 Å². The molecule has 1 amide bonds. The van der Waals surface area contributed by atoms with Gasteiger partial charge < -0.3 is 11.1 Å². The van der Waals surface area contributed by atoms with E-state index in [1.807, 2.05) is 13.8 Å². The zero-order chi connectivity index (χ0) is 10.6. The summed E-state index contributed by atoms with van der Waals surface area (Å²) in [7, 11) is 0. The van der Waals surface area contributed by atoms with Crippen LogP contribution in [0.4, 0.5) is 0 Å². The number of amides is 1. The van der Waals surface area contributed by atoms with Gasteiger partial charge in [0.05, 0.1) is 5.41 Å². The molecular weight excluding hydrogens is 176 g/mol. The molecule has 0 heterocycles. The topological polar surface area (TPSA) is 55.1 Å². The molecule has 0 aromatic carbocycles. The predicted molar refractivity (Wildman–Crippen MR) is 57.9 cm³/mol. The van der Waals surface area contributed by atoms with E-state index in [0.29, 0.717) is 12.6 Å². The summed E-state index contributed by atoms with van der Waals surface area (Å²) in [6.07, 6.45) is 5.57. The van der Waals surface area contributed by atoms with E-state index in [1.54, 1.807) is 0 Å². The standard InChI is InChI=1S/C11H22N2O/c1-3-11(2,8-12)10(14)13-9-6-4-5-7-9/h9H,3-8,12H2,1-2H3,(H,13,14). The summed E-state index contributed by atoms with van der Waals surface area (Å²) in [5.74, 6) is 0.134. The van der Waals surface area contributed by atoms with E-state index in [-0.39, 0.29) is 11.3 Å². The highest BCUT2D eigenvalue weighted by molar-refractivity contribution is 5.82. The minimum Gasteiger partial charge on any atom is -0.353 e. The highest BCUT2D eigenvalue weighted by Crippen LogP contribution is 2.23. The van der Waals surface area contributed by atoms with Crippen LogP contribution in [-0.2, 0) is 4.79 Å². The Hall–Kier alpha value is -0.570. The molecule has 1 unspecified atom stereocenters. The van der Waals surface area contributed by atoms with Crippen LogP contribution in [0.1, 0.15) is 46.0 Å². The van der Waals surface area contributed by atoms with Crippen molar-refractivity contribution in [3.05, 3.63) is 0 Å². The Labute approximate surface area is 86.4 Å². The lowest BCUT2D eigenvalue weighted by Crippen LogP contribution is -2.46. The lowest BCUT2D eigenvalue weighted by molar-refractivity contribution is -0.130. The summed E-state index contributed by atoms with van der Waals surface area (Å²) in [5.41, 5.74) is 5.26. The van der Waals surface area contributed by atoms with Gasteiger partial charge >= 0.3 is 0 Å². The first-order valence-electron chi connectivity index (χ1n) is 5.63. The second kappa shape index (κ2) is 4.78. The lowest BCUT2D eigenvalue weighted by atomic mass is 9.86. The first kappa shape index (κ1) is 11.5. The maximum Gasteiger partial charge on any atom is 0.227 e. The second-order valence-corrected chi connectivity index (χ2v) is 4.57. The van der Waals surface area contributed by atoms with Gasteiger partial charge in [0.15, 0.2) is 0 Å². The summed E-state index contributed by atoms with van der Waals surface area (Å²) in [4.78, 5) is 11.9. The average Bonchev–Trinajstić information content (AvgIpc) is 2.69. The fourth-order valence-corrected chi connectivity index (χ4v) is 1.83. The van der Waals surface area contributed by atoms with Crippen LogP contribution in [-0.4, -0.2) is 18.5 Å². The molecule has 0 saturated heterocycles. The van der Waals surface area contributed by atoms with Crippen molar-refractivity contribution in [1.82, 2.24) is 5.32 Å². The molecule has 0 bridgehead atoms. The minimum absolute atomic E-state index is 0.134. The van der Waals surface area contributed by atoms with Gasteiger partial charge in [0.2, 0.25) is 5.91 Å². The van der Waals surface area contributed by atoms with E-state index in [9.17, 15) is 4.79 Å². The van der Waals surface area contributed by atoms with Gasteiger partial charge in [0, 0.05) is 12.6 Å². The fraction of sp³-hybridized carbons (Fsp3) is 0.909. The van der Waals surface area contributed by atoms with Gasteiger partial charge in [-0.3, -0.25) is 4.79 Å². The molecule has 0 aromatic rings. The second-order valence-electron chi connectivity index (χ2n) is 4.57.